The van der Waals surface area contributed by atoms with Crippen LogP contribution in [-0.2, 0) is 0 Å². The van der Waals surface area contributed by atoms with Crippen molar-refractivity contribution in [3.05, 3.63) is 29.8 Å². The fraction of sp³-hybridized carbons (Fsp3) is 0.385. The predicted octanol–water partition coefficient (Wildman–Crippen LogP) is 0.730. The van der Waals surface area contributed by atoms with E-state index in [0.29, 0.717) is 5.11 Å². The molecule has 1 heterocycles. The van der Waals surface area contributed by atoms with E-state index < -0.39 is 12.1 Å². The van der Waals surface area contributed by atoms with E-state index in [9.17, 15) is 10.4 Å². The van der Waals surface area contributed by atoms with Crippen molar-refractivity contribution < 1.29 is 5.11 Å². The van der Waals surface area contributed by atoms with Crippen LogP contribution in [0, 0.1) is 17.2 Å². The molecule has 5 nitrogen and oxygen atoms in total. The van der Waals surface area contributed by atoms with Gasteiger partial charge in [0.1, 0.15) is 12.1 Å². The van der Waals surface area contributed by atoms with Crippen molar-refractivity contribution >= 4 is 23.0 Å². The summed E-state index contributed by atoms with van der Waals surface area (Å²) in [6.07, 6.45) is -0.947. The highest BCUT2D eigenvalue weighted by atomic mass is 32.1. The maximum Gasteiger partial charge on any atom is 0.168 e. The third kappa shape index (κ3) is 2.78. The molecule has 0 saturated carbocycles. The van der Waals surface area contributed by atoms with Crippen LogP contribution in [0.1, 0.15) is 11.6 Å². The summed E-state index contributed by atoms with van der Waals surface area (Å²) >= 11 is 5.03. The number of nitriles is 1. The molecule has 2 rings (SSSR count). The van der Waals surface area contributed by atoms with Gasteiger partial charge < -0.3 is 20.6 Å². The molecule has 1 saturated heterocycles. The number of anilines is 1. The Balaban J connectivity index is 2.28. The van der Waals surface area contributed by atoms with Gasteiger partial charge in [0, 0.05) is 19.8 Å². The number of nitrogens with zero attached hydrogens (tertiary/aromatic N) is 2. The van der Waals surface area contributed by atoms with E-state index in [4.69, 9.17) is 12.2 Å². The molecule has 0 aliphatic carbocycles. The number of hydrogen-bond donors (Lipinski definition) is 3. The van der Waals surface area contributed by atoms with Gasteiger partial charge in [0.05, 0.1) is 12.1 Å². The second-order valence-electron chi connectivity index (χ2n) is 4.68. The Bertz CT molecular complexity index is 508. The largest absolute Gasteiger partial charge is 0.378 e. The highest BCUT2D eigenvalue weighted by molar-refractivity contribution is 7.80. The second-order valence-corrected chi connectivity index (χ2v) is 5.09. The molecule has 1 aliphatic rings. The molecule has 1 aromatic rings. The topological polar surface area (TPSA) is 71.3 Å². The molecule has 6 heteroatoms. The van der Waals surface area contributed by atoms with Gasteiger partial charge in [-0.3, -0.25) is 0 Å². The van der Waals surface area contributed by atoms with Crippen LogP contribution in [0.25, 0.3) is 0 Å². The highest BCUT2D eigenvalue weighted by Crippen LogP contribution is 2.27. The Morgan fingerprint density at radius 3 is 2.42 bits per heavy atom. The summed E-state index contributed by atoms with van der Waals surface area (Å²) in [5, 5.41) is 25.1. The number of rotatable bonds is 2. The number of aliphatic hydroxyl groups excluding tert-OH is 1. The minimum absolute atomic E-state index is 0.301. The van der Waals surface area contributed by atoms with Crippen molar-refractivity contribution in [2.45, 2.75) is 12.3 Å². The zero-order valence-electron chi connectivity index (χ0n) is 10.8. The normalized spacial score (nSPS) is 26.0. The second kappa shape index (κ2) is 5.43. The lowest BCUT2D eigenvalue weighted by molar-refractivity contribution is 0.0896. The van der Waals surface area contributed by atoms with Crippen LogP contribution in [0.2, 0.25) is 0 Å². The van der Waals surface area contributed by atoms with Gasteiger partial charge in [-0.1, -0.05) is 12.1 Å². The lowest BCUT2D eigenvalue weighted by Crippen LogP contribution is -2.55. The van der Waals surface area contributed by atoms with Gasteiger partial charge in [-0.15, -0.1) is 0 Å². The highest BCUT2D eigenvalue weighted by Gasteiger charge is 2.34. The van der Waals surface area contributed by atoms with Crippen LogP contribution in [0.5, 0.6) is 0 Å². The van der Waals surface area contributed by atoms with Gasteiger partial charge >= 0.3 is 0 Å². The summed E-state index contributed by atoms with van der Waals surface area (Å²) < 4.78 is 0. The quantitative estimate of drug-likeness (QED) is 0.692. The molecule has 1 aliphatic heterocycles. The van der Waals surface area contributed by atoms with Crippen LogP contribution in [0.4, 0.5) is 5.69 Å². The summed E-state index contributed by atoms with van der Waals surface area (Å²) in [4.78, 5) is 2.00. The third-order valence-electron chi connectivity index (χ3n) is 3.18. The Morgan fingerprint density at radius 1 is 1.26 bits per heavy atom. The van der Waals surface area contributed by atoms with Crippen molar-refractivity contribution in [1.82, 2.24) is 10.6 Å². The standard InChI is InChI=1S/C13H16N4OS/c1-17(2)9-5-3-8(4-6-9)11-10(7-14)12(18)16-13(19)15-11/h3-6,10-12,18H,1-2H3,(H2,15,16,19)/t10-,11+,12-/m0/s1. The molecule has 0 bridgehead atoms. The monoisotopic (exact) mass is 276 g/mol. The molecule has 100 valence electrons. The summed E-state index contributed by atoms with van der Waals surface area (Å²) in [7, 11) is 3.93. The molecule has 1 aromatic carbocycles. The first-order valence-corrected chi connectivity index (χ1v) is 6.35. The Kier molecular flexibility index (Phi) is 3.88. The molecular weight excluding hydrogens is 260 g/mol. The van der Waals surface area contributed by atoms with Crippen molar-refractivity contribution in [2.75, 3.05) is 19.0 Å². The van der Waals surface area contributed by atoms with E-state index in [0.717, 1.165) is 11.3 Å². The number of aliphatic hydroxyl groups is 1. The molecule has 0 aromatic heterocycles. The van der Waals surface area contributed by atoms with Crippen molar-refractivity contribution in [2.24, 2.45) is 5.92 Å². The van der Waals surface area contributed by atoms with E-state index in [1.54, 1.807) is 0 Å². The molecule has 19 heavy (non-hydrogen) atoms. The predicted molar refractivity (Wildman–Crippen MR) is 77.5 cm³/mol. The van der Waals surface area contributed by atoms with Crippen molar-refractivity contribution in [1.29, 1.82) is 5.26 Å². The van der Waals surface area contributed by atoms with Crippen LogP contribution in [0.15, 0.2) is 24.3 Å². The van der Waals surface area contributed by atoms with Gasteiger partial charge in [0.2, 0.25) is 0 Å². The van der Waals surface area contributed by atoms with Gasteiger partial charge in [0.15, 0.2) is 5.11 Å². The first-order valence-electron chi connectivity index (χ1n) is 5.95. The zero-order valence-corrected chi connectivity index (χ0v) is 11.6. The molecule has 0 amide bonds. The fourth-order valence-corrected chi connectivity index (χ4v) is 2.34. The van der Waals surface area contributed by atoms with Crippen molar-refractivity contribution in [3.8, 4) is 6.07 Å². The van der Waals surface area contributed by atoms with Crippen LogP contribution in [-0.4, -0.2) is 30.5 Å². The van der Waals surface area contributed by atoms with Crippen LogP contribution in [0.3, 0.4) is 0 Å². The van der Waals surface area contributed by atoms with E-state index in [2.05, 4.69) is 16.7 Å². The fourth-order valence-electron chi connectivity index (χ4n) is 2.09. The van der Waals surface area contributed by atoms with Gasteiger partial charge in [-0.2, -0.15) is 5.26 Å². The Labute approximate surface area is 117 Å². The SMILES string of the molecule is CN(C)c1ccc([C@H]2NC(=S)N[C@@H](O)[C@H]2C#N)cc1. The third-order valence-corrected chi connectivity index (χ3v) is 3.42. The molecule has 0 spiro atoms. The maximum atomic E-state index is 9.84. The van der Waals surface area contributed by atoms with Crippen LogP contribution >= 0.6 is 12.2 Å². The summed E-state index contributed by atoms with van der Waals surface area (Å²) in [5.74, 6) is -0.586. The summed E-state index contributed by atoms with van der Waals surface area (Å²) in [6, 6.07) is 9.65. The lowest BCUT2D eigenvalue weighted by atomic mass is 9.91. The smallest absolute Gasteiger partial charge is 0.168 e. The van der Waals surface area contributed by atoms with Gasteiger partial charge in [0.25, 0.3) is 0 Å². The minimum Gasteiger partial charge on any atom is -0.378 e. The zero-order chi connectivity index (χ0) is 14.0. The number of benzene rings is 1. The lowest BCUT2D eigenvalue weighted by Gasteiger charge is -2.34. The summed E-state index contributed by atoms with van der Waals surface area (Å²) in [6.45, 7) is 0. The van der Waals surface area contributed by atoms with Gasteiger partial charge in [-0.05, 0) is 29.9 Å². The van der Waals surface area contributed by atoms with Crippen LogP contribution < -0.4 is 15.5 Å². The number of nitrogens with one attached hydrogen (secondary N) is 2. The average Bonchev–Trinajstić information content (AvgIpc) is 2.38. The molecular formula is C13H16N4OS. The Morgan fingerprint density at radius 2 is 1.89 bits per heavy atom. The first-order chi connectivity index (χ1) is 9.02. The first kappa shape index (κ1) is 13.6. The molecule has 0 unspecified atom stereocenters. The van der Waals surface area contributed by atoms with Crippen molar-refractivity contribution in [3.63, 3.8) is 0 Å². The van der Waals surface area contributed by atoms with E-state index >= 15 is 0 Å². The van der Waals surface area contributed by atoms with Gasteiger partial charge in [-0.25, -0.2) is 0 Å². The summed E-state index contributed by atoms with van der Waals surface area (Å²) in [5.41, 5.74) is 2.01. The minimum atomic E-state index is -0.947. The Hall–Kier alpha value is -1.84. The van der Waals surface area contributed by atoms with E-state index in [1.165, 1.54) is 0 Å². The van der Waals surface area contributed by atoms with E-state index in [1.807, 2.05) is 43.3 Å². The molecule has 1 fully saturated rings. The molecule has 3 N–H and O–H groups in total. The number of thiocarbonyl (C=S) groups is 1. The maximum absolute atomic E-state index is 9.84. The van der Waals surface area contributed by atoms with E-state index in [-0.39, 0.29) is 6.04 Å². The number of hydrogen-bond acceptors (Lipinski definition) is 4. The molecule has 0 radical (unpaired) electrons. The molecule has 3 atom stereocenters. The average molecular weight is 276 g/mol.